The Kier molecular flexibility index (Phi) is 5.81. The Balaban J connectivity index is 1.63. The Labute approximate surface area is 149 Å². The molecular weight excluding hydrogens is 320 g/mol. The maximum absolute atomic E-state index is 12.1. The van der Waals surface area contributed by atoms with Crippen LogP contribution in [0.4, 0.5) is 0 Å². The summed E-state index contributed by atoms with van der Waals surface area (Å²) in [6, 6.07) is 4.04. The number of amides is 1. The van der Waals surface area contributed by atoms with Gasteiger partial charge < -0.3 is 19.9 Å². The largest absolute Gasteiger partial charge is 0.496 e. The molecule has 1 aromatic carbocycles. The summed E-state index contributed by atoms with van der Waals surface area (Å²) in [4.78, 5) is 14.2. The number of nitrogens with one attached hydrogen (secondary N) is 1. The quantitative estimate of drug-likeness (QED) is 0.823. The SMILES string of the molecule is COc1ccc(OC)c2c1CN(CCC(=O)NC1CCCC1)C[C@H]2O. The highest BCUT2D eigenvalue weighted by Gasteiger charge is 2.29. The van der Waals surface area contributed by atoms with Gasteiger partial charge in [-0.15, -0.1) is 0 Å². The number of fused-ring (bicyclic) bond motifs is 1. The fraction of sp³-hybridized carbons (Fsp3) is 0.632. The van der Waals surface area contributed by atoms with Gasteiger partial charge in [0.25, 0.3) is 0 Å². The van der Waals surface area contributed by atoms with Crippen molar-refractivity contribution in [3.8, 4) is 11.5 Å². The van der Waals surface area contributed by atoms with E-state index in [2.05, 4.69) is 10.2 Å². The first-order chi connectivity index (χ1) is 12.1. The van der Waals surface area contributed by atoms with Crippen LogP contribution in [0.25, 0.3) is 0 Å². The number of β-amino-alcohol motifs (C(OH)–C–C–N with tert-alkyl or cyclic N) is 1. The predicted octanol–water partition coefficient (Wildman–Crippen LogP) is 2.00. The van der Waals surface area contributed by atoms with Crippen LogP contribution in [-0.2, 0) is 11.3 Å². The third-order valence-corrected chi connectivity index (χ3v) is 5.24. The Morgan fingerprint density at radius 3 is 2.60 bits per heavy atom. The van der Waals surface area contributed by atoms with E-state index < -0.39 is 6.10 Å². The maximum atomic E-state index is 12.1. The summed E-state index contributed by atoms with van der Waals surface area (Å²) in [7, 11) is 3.23. The van der Waals surface area contributed by atoms with E-state index in [4.69, 9.17) is 9.47 Å². The summed E-state index contributed by atoms with van der Waals surface area (Å²) in [5, 5.41) is 13.7. The number of carbonyl (C=O) groups is 1. The molecule has 3 rings (SSSR count). The summed E-state index contributed by atoms with van der Waals surface area (Å²) in [6.07, 6.45) is 4.41. The molecule has 1 amide bonds. The molecule has 1 aromatic rings. The molecule has 1 aliphatic carbocycles. The lowest BCUT2D eigenvalue weighted by molar-refractivity contribution is -0.122. The van der Waals surface area contributed by atoms with E-state index in [1.54, 1.807) is 14.2 Å². The summed E-state index contributed by atoms with van der Waals surface area (Å²) in [5.41, 5.74) is 1.74. The van der Waals surface area contributed by atoms with Gasteiger partial charge >= 0.3 is 0 Å². The van der Waals surface area contributed by atoms with Crippen LogP contribution in [0.15, 0.2) is 12.1 Å². The van der Waals surface area contributed by atoms with E-state index in [0.29, 0.717) is 37.8 Å². The molecule has 0 spiro atoms. The standard InChI is InChI=1S/C19H28N2O4/c1-24-16-7-8-17(25-2)19-14(16)11-21(12-15(19)22)10-9-18(23)20-13-5-3-4-6-13/h7-8,13,15,22H,3-6,9-12H2,1-2H3,(H,20,23)/t15-/m1/s1. The second kappa shape index (κ2) is 8.06. The maximum Gasteiger partial charge on any atom is 0.221 e. The topological polar surface area (TPSA) is 71.0 Å². The molecule has 0 saturated heterocycles. The number of nitrogens with zero attached hydrogens (tertiary/aromatic N) is 1. The number of benzene rings is 1. The first kappa shape index (κ1) is 18.0. The van der Waals surface area contributed by atoms with Crippen molar-refractivity contribution in [2.45, 2.75) is 50.8 Å². The van der Waals surface area contributed by atoms with Crippen LogP contribution in [0, 0.1) is 0 Å². The molecule has 1 heterocycles. The van der Waals surface area contributed by atoms with Crippen LogP contribution in [0.1, 0.15) is 49.3 Å². The van der Waals surface area contributed by atoms with Crippen molar-refractivity contribution in [1.29, 1.82) is 0 Å². The molecule has 6 heteroatoms. The lowest BCUT2D eigenvalue weighted by atomic mass is 9.95. The first-order valence-corrected chi connectivity index (χ1v) is 9.06. The van der Waals surface area contributed by atoms with Crippen molar-refractivity contribution in [3.63, 3.8) is 0 Å². The number of carbonyl (C=O) groups excluding carboxylic acids is 1. The van der Waals surface area contributed by atoms with Crippen molar-refractivity contribution in [3.05, 3.63) is 23.3 Å². The number of aliphatic hydroxyl groups is 1. The first-order valence-electron chi connectivity index (χ1n) is 9.06. The zero-order chi connectivity index (χ0) is 17.8. The van der Waals surface area contributed by atoms with E-state index in [1.807, 2.05) is 12.1 Å². The fourth-order valence-corrected chi connectivity index (χ4v) is 3.94. The Hall–Kier alpha value is -1.79. The molecule has 1 atom stereocenters. The van der Waals surface area contributed by atoms with Gasteiger partial charge in [-0.1, -0.05) is 12.8 Å². The Morgan fingerprint density at radius 1 is 1.24 bits per heavy atom. The monoisotopic (exact) mass is 348 g/mol. The zero-order valence-corrected chi connectivity index (χ0v) is 15.1. The van der Waals surface area contributed by atoms with Crippen LogP contribution in [0.3, 0.4) is 0 Å². The minimum atomic E-state index is -0.647. The average Bonchev–Trinajstić information content (AvgIpc) is 3.12. The fourth-order valence-electron chi connectivity index (χ4n) is 3.94. The van der Waals surface area contributed by atoms with Gasteiger partial charge in [-0.25, -0.2) is 0 Å². The van der Waals surface area contributed by atoms with Crippen molar-refractivity contribution >= 4 is 5.91 Å². The van der Waals surface area contributed by atoms with Gasteiger partial charge in [0, 0.05) is 43.2 Å². The minimum Gasteiger partial charge on any atom is -0.496 e. The van der Waals surface area contributed by atoms with E-state index >= 15 is 0 Å². The molecule has 1 fully saturated rings. The second-order valence-electron chi connectivity index (χ2n) is 6.91. The van der Waals surface area contributed by atoms with Gasteiger partial charge in [0.15, 0.2) is 0 Å². The molecule has 138 valence electrons. The highest BCUT2D eigenvalue weighted by molar-refractivity contribution is 5.76. The van der Waals surface area contributed by atoms with Crippen molar-refractivity contribution < 1.29 is 19.4 Å². The summed E-state index contributed by atoms with van der Waals surface area (Å²) in [5.74, 6) is 1.53. The van der Waals surface area contributed by atoms with Crippen LogP contribution in [0.5, 0.6) is 11.5 Å². The van der Waals surface area contributed by atoms with Gasteiger partial charge in [0.1, 0.15) is 11.5 Å². The highest BCUT2D eigenvalue weighted by atomic mass is 16.5. The molecule has 2 aliphatic rings. The lowest BCUT2D eigenvalue weighted by Gasteiger charge is -2.33. The number of hydrogen-bond donors (Lipinski definition) is 2. The number of ether oxygens (including phenoxy) is 2. The second-order valence-corrected chi connectivity index (χ2v) is 6.91. The van der Waals surface area contributed by atoms with Crippen LogP contribution < -0.4 is 14.8 Å². The summed E-state index contributed by atoms with van der Waals surface area (Å²) >= 11 is 0. The van der Waals surface area contributed by atoms with Crippen LogP contribution >= 0.6 is 0 Å². The molecule has 0 unspecified atom stereocenters. The highest BCUT2D eigenvalue weighted by Crippen LogP contribution is 2.39. The van der Waals surface area contributed by atoms with Gasteiger partial charge in [0.05, 0.1) is 20.3 Å². The number of methoxy groups -OCH3 is 2. The van der Waals surface area contributed by atoms with Gasteiger partial charge in [-0.05, 0) is 25.0 Å². The number of rotatable bonds is 6. The van der Waals surface area contributed by atoms with Crippen LogP contribution in [-0.4, -0.2) is 49.3 Å². The number of aliphatic hydroxyl groups excluding tert-OH is 1. The van der Waals surface area contributed by atoms with Gasteiger partial charge in [-0.2, -0.15) is 0 Å². The molecular formula is C19H28N2O4. The van der Waals surface area contributed by atoms with Crippen LogP contribution in [0.2, 0.25) is 0 Å². The molecule has 1 saturated carbocycles. The molecule has 0 bridgehead atoms. The molecule has 2 N–H and O–H groups in total. The lowest BCUT2D eigenvalue weighted by Crippen LogP contribution is -2.38. The predicted molar refractivity (Wildman–Crippen MR) is 94.8 cm³/mol. The molecule has 6 nitrogen and oxygen atoms in total. The normalized spacial score (nSPS) is 21.0. The molecule has 25 heavy (non-hydrogen) atoms. The van der Waals surface area contributed by atoms with Gasteiger partial charge in [-0.3, -0.25) is 9.69 Å². The third-order valence-electron chi connectivity index (χ3n) is 5.24. The van der Waals surface area contributed by atoms with E-state index in [0.717, 1.165) is 29.7 Å². The summed E-state index contributed by atoms with van der Waals surface area (Å²) < 4.78 is 10.8. The molecule has 0 aromatic heterocycles. The minimum absolute atomic E-state index is 0.102. The molecule has 0 radical (unpaired) electrons. The summed E-state index contributed by atoms with van der Waals surface area (Å²) in [6.45, 7) is 1.76. The third kappa shape index (κ3) is 4.07. The Bertz CT molecular complexity index is 614. The number of hydrogen-bond acceptors (Lipinski definition) is 5. The smallest absolute Gasteiger partial charge is 0.221 e. The van der Waals surface area contributed by atoms with Gasteiger partial charge in [0.2, 0.25) is 5.91 Å². The average molecular weight is 348 g/mol. The molecule has 1 aliphatic heterocycles. The van der Waals surface area contributed by atoms with Crippen molar-refractivity contribution in [1.82, 2.24) is 10.2 Å². The van der Waals surface area contributed by atoms with E-state index in [1.165, 1.54) is 12.8 Å². The van der Waals surface area contributed by atoms with Crippen molar-refractivity contribution in [2.75, 3.05) is 27.3 Å². The Morgan fingerprint density at radius 2 is 1.92 bits per heavy atom. The van der Waals surface area contributed by atoms with E-state index in [9.17, 15) is 9.90 Å². The van der Waals surface area contributed by atoms with E-state index in [-0.39, 0.29) is 5.91 Å². The van der Waals surface area contributed by atoms with Crippen molar-refractivity contribution in [2.24, 2.45) is 0 Å². The zero-order valence-electron chi connectivity index (χ0n) is 15.1.